The van der Waals surface area contributed by atoms with E-state index in [4.69, 9.17) is 10.9 Å². The molecule has 0 aliphatic carbocycles. The van der Waals surface area contributed by atoms with Gasteiger partial charge in [-0.1, -0.05) is 0 Å². The number of aromatic nitrogens is 2. The quantitative estimate of drug-likeness (QED) is 0.523. The van der Waals surface area contributed by atoms with Crippen LogP contribution < -0.4 is 11.3 Å². The molecular weight excluding hydrogens is 288 g/mol. The van der Waals surface area contributed by atoms with Crippen LogP contribution in [0.25, 0.3) is 10.2 Å². The van der Waals surface area contributed by atoms with Gasteiger partial charge in [-0.2, -0.15) is 0 Å². The standard InChI is InChI=1S/C11H15F2N5OS/c12-8(13)5-18(2-3-19)6-9-15-10(17-14)7-1-4-20-11(7)16-9/h1,4,8,19H,2-3,5-6,14H2,(H,15,16,17). The van der Waals surface area contributed by atoms with Crippen LogP contribution in [-0.4, -0.2) is 46.1 Å². The van der Waals surface area contributed by atoms with E-state index in [1.165, 1.54) is 16.2 Å². The second-order valence-corrected chi connectivity index (χ2v) is 5.02. The molecule has 0 saturated heterocycles. The molecule has 20 heavy (non-hydrogen) atoms. The number of hydrogen-bond donors (Lipinski definition) is 3. The van der Waals surface area contributed by atoms with Crippen LogP contribution >= 0.6 is 11.3 Å². The molecule has 0 aromatic carbocycles. The molecule has 0 spiro atoms. The maximum absolute atomic E-state index is 12.5. The Morgan fingerprint density at radius 3 is 2.90 bits per heavy atom. The van der Waals surface area contributed by atoms with Crippen molar-refractivity contribution < 1.29 is 13.9 Å². The number of nitrogens with zero attached hydrogens (tertiary/aromatic N) is 3. The first-order chi connectivity index (χ1) is 9.63. The first-order valence-electron chi connectivity index (χ1n) is 5.96. The van der Waals surface area contributed by atoms with Gasteiger partial charge in [-0.25, -0.2) is 24.6 Å². The second kappa shape index (κ2) is 6.84. The summed E-state index contributed by atoms with van der Waals surface area (Å²) in [6.07, 6.45) is -2.47. The predicted molar refractivity (Wildman–Crippen MR) is 73.6 cm³/mol. The molecule has 0 amide bonds. The zero-order chi connectivity index (χ0) is 14.5. The third-order valence-electron chi connectivity index (χ3n) is 2.69. The maximum atomic E-state index is 12.5. The molecule has 0 fully saturated rings. The number of alkyl halides is 2. The number of nitrogens with one attached hydrogen (secondary N) is 1. The van der Waals surface area contributed by atoms with Crippen LogP contribution in [0.2, 0.25) is 0 Å². The zero-order valence-electron chi connectivity index (χ0n) is 10.6. The summed E-state index contributed by atoms with van der Waals surface area (Å²) in [7, 11) is 0. The SMILES string of the molecule is NNc1nc(CN(CCO)CC(F)F)nc2sccc12. The lowest BCUT2D eigenvalue weighted by molar-refractivity contribution is 0.0734. The Balaban J connectivity index is 2.22. The summed E-state index contributed by atoms with van der Waals surface area (Å²) in [6, 6.07) is 1.84. The van der Waals surface area contributed by atoms with E-state index in [1.807, 2.05) is 11.4 Å². The van der Waals surface area contributed by atoms with Crippen LogP contribution in [0, 0.1) is 0 Å². The van der Waals surface area contributed by atoms with Crippen molar-refractivity contribution in [1.82, 2.24) is 14.9 Å². The Labute approximate surface area is 118 Å². The van der Waals surface area contributed by atoms with Crippen LogP contribution in [0.1, 0.15) is 5.82 Å². The number of nitrogens with two attached hydrogens (primary N) is 1. The molecule has 0 bridgehead atoms. The molecular formula is C11H15F2N5OS. The lowest BCUT2D eigenvalue weighted by Gasteiger charge is -2.20. The lowest BCUT2D eigenvalue weighted by Crippen LogP contribution is -2.32. The molecule has 0 unspecified atom stereocenters. The van der Waals surface area contributed by atoms with Crippen LogP contribution in [0.5, 0.6) is 0 Å². The average molecular weight is 303 g/mol. The van der Waals surface area contributed by atoms with Crippen LogP contribution in [0.4, 0.5) is 14.6 Å². The van der Waals surface area contributed by atoms with E-state index >= 15 is 0 Å². The highest BCUT2D eigenvalue weighted by Crippen LogP contribution is 2.24. The molecule has 110 valence electrons. The summed E-state index contributed by atoms with van der Waals surface area (Å²) >= 11 is 1.42. The Morgan fingerprint density at radius 2 is 2.25 bits per heavy atom. The monoisotopic (exact) mass is 303 g/mol. The fourth-order valence-electron chi connectivity index (χ4n) is 1.85. The molecule has 0 aliphatic heterocycles. The normalized spacial score (nSPS) is 11.7. The van der Waals surface area contributed by atoms with Crippen LogP contribution in [-0.2, 0) is 6.54 Å². The van der Waals surface area contributed by atoms with Crippen molar-refractivity contribution in [2.75, 3.05) is 25.1 Å². The fourth-order valence-corrected chi connectivity index (χ4v) is 2.63. The summed E-state index contributed by atoms with van der Waals surface area (Å²) in [5.41, 5.74) is 2.48. The first-order valence-corrected chi connectivity index (χ1v) is 6.84. The van der Waals surface area contributed by atoms with E-state index < -0.39 is 13.0 Å². The van der Waals surface area contributed by atoms with Gasteiger partial charge < -0.3 is 10.5 Å². The largest absolute Gasteiger partial charge is 0.395 e. The van der Waals surface area contributed by atoms with Gasteiger partial charge in [0.05, 0.1) is 25.1 Å². The molecule has 9 heteroatoms. The van der Waals surface area contributed by atoms with Gasteiger partial charge in [-0.15, -0.1) is 11.3 Å². The Morgan fingerprint density at radius 1 is 1.45 bits per heavy atom. The highest BCUT2D eigenvalue weighted by molar-refractivity contribution is 7.16. The number of nitrogen functional groups attached to an aromatic ring is 1. The minimum Gasteiger partial charge on any atom is -0.395 e. The number of rotatable bonds is 7. The van der Waals surface area contributed by atoms with Gasteiger partial charge in [0.15, 0.2) is 5.82 Å². The van der Waals surface area contributed by atoms with Crippen molar-refractivity contribution in [2.45, 2.75) is 13.0 Å². The molecule has 2 aromatic rings. The average Bonchev–Trinajstić information content (AvgIpc) is 2.85. The molecule has 6 nitrogen and oxygen atoms in total. The Kier molecular flexibility index (Phi) is 5.12. The second-order valence-electron chi connectivity index (χ2n) is 4.12. The highest BCUT2D eigenvalue weighted by atomic mass is 32.1. The third-order valence-corrected chi connectivity index (χ3v) is 3.49. The van der Waals surface area contributed by atoms with E-state index in [1.54, 1.807) is 0 Å². The summed E-state index contributed by atoms with van der Waals surface area (Å²) in [4.78, 5) is 10.7. The van der Waals surface area contributed by atoms with E-state index in [9.17, 15) is 8.78 Å². The Bertz CT molecular complexity index is 565. The van der Waals surface area contributed by atoms with Crippen molar-refractivity contribution in [3.63, 3.8) is 0 Å². The summed E-state index contributed by atoms with van der Waals surface area (Å²) in [5.74, 6) is 6.26. The third kappa shape index (κ3) is 3.57. The number of aliphatic hydroxyl groups excluding tert-OH is 1. The lowest BCUT2D eigenvalue weighted by atomic mass is 10.3. The smallest absolute Gasteiger partial charge is 0.251 e. The summed E-state index contributed by atoms with van der Waals surface area (Å²) in [6.45, 7) is -0.358. The van der Waals surface area contributed by atoms with Crippen molar-refractivity contribution >= 4 is 27.4 Å². The molecule has 0 aliphatic rings. The maximum Gasteiger partial charge on any atom is 0.251 e. The van der Waals surface area contributed by atoms with Gasteiger partial charge in [0.1, 0.15) is 10.7 Å². The number of aliphatic hydroxyl groups is 1. The van der Waals surface area contributed by atoms with E-state index in [0.717, 1.165) is 10.2 Å². The molecule has 0 saturated carbocycles. The topological polar surface area (TPSA) is 87.3 Å². The first kappa shape index (κ1) is 15.0. The van der Waals surface area contributed by atoms with Gasteiger partial charge in [-0.3, -0.25) is 4.90 Å². The van der Waals surface area contributed by atoms with Crippen molar-refractivity contribution in [3.8, 4) is 0 Å². The van der Waals surface area contributed by atoms with Crippen molar-refractivity contribution in [2.24, 2.45) is 5.84 Å². The summed E-state index contributed by atoms with van der Waals surface area (Å²) in [5, 5.41) is 11.6. The van der Waals surface area contributed by atoms with E-state index in [0.29, 0.717) is 11.6 Å². The molecule has 2 heterocycles. The molecule has 4 N–H and O–H groups in total. The number of thiophene rings is 1. The van der Waals surface area contributed by atoms with Gasteiger partial charge in [0.25, 0.3) is 6.43 Å². The van der Waals surface area contributed by atoms with E-state index in [-0.39, 0.29) is 19.7 Å². The number of halogens is 2. The highest BCUT2D eigenvalue weighted by Gasteiger charge is 2.15. The van der Waals surface area contributed by atoms with Crippen LogP contribution in [0.15, 0.2) is 11.4 Å². The van der Waals surface area contributed by atoms with Gasteiger partial charge in [0.2, 0.25) is 0 Å². The number of hydrogen-bond acceptors (Lipinski definition) is 7. The van der Waals surface area contributed by atoms with Crippen molar-refractivity contribution in [1.29, 1.82) is 0 Å². The zero-order valence-corrected chi connectivity index (χ0v) is 11.4. The predicted octanol–water partition coefficient (Wildman–Crippen LogP) is 1.04. The number of fused-ring (bicyclic) bond motifs is 1. The number of hydrazine groups is 1. The van der Waals surface area contributed by atoms with E-state index in [2.05, 4.69) is 15.4 Å². The van der Waals surface area contributed by atoms with Gasteiger partial charge >= 0.3 is 0 Å². The summed E-state index contributed by atoms with van der Waals surface area (Å²) < 4.78 is 24.9. The molecule has 2 aromatic heterocycles. The van der Waals surface area contributed by atoms with Crippen molar-refractivity contribution in [3.05, 3.63) is 17.3 Å². The van der Waals surface area contributed by atoms with Gasteiger partial charge in [0, 0.05) is 6.54 Å². The fraction of sp³-hybridized carbons (Fsp3) is 0.455. The van der Waals surface area contributed by atoms with Crippen LogP contribution in [0.3, 0.4) is 0 Å². The molecule has 0 radical (unpaired) electrons. The molecule has 0 atom stereocenters. The minimum absolute atomic E-state index is 0.132. The Hall–Kier alpha value is -1.42. The van der Waals surface area contributed by atoms with Gasteiger partial charge in [-0.05, 0) is 11.4 Å². The number of anilines is 1. The minimum atomic E-state index is -2.47. The molecule has 2 rings (SSSR count).